The summed E-state index contributed by atoms with van der Waals surface area (Å²) in [6.07, 6.45) is 3.90. The zero-order valence-electron chi connectivity index (χ0n) is 12.0. The number of nitrogens with one attached hydrogen (secondary N) is 2. The van der Waals surface area contributed by atoms with E-state index >= 15 is 0 Å². The van der Waals surface area contributed by atoms with Gasteiger partial charge in [-0.05, 0) is 63.2 Å². The minimum absolute atomic E-state index is 0.566. The molecule has 0 unspecified atom stereocenters. The maximum absolute atomic E-state index is 3.63. The van der Waals surface area contributed by atoms with Gasteiger partial charge in [-0.25, -0.2) is 0 Å². The van der Waals surface area contributed by atoms with E-state index in [0.717, 1.165) is 19.5 Å². The van der Waals surface area contributed by atoms with E-state index in [4.69, 9.17) is 0 Å². The molecule has 1 aromatic carbocycles. The monoisotopic (exact) mass is 246 g/mol. The first-order valence-corrected chi connectivity index (χ1v) is 7.07. The van der Waals surface area contributed by atoms with E-state index in [9.17, 15) is 0 Å². The number of aryl methyl sites for hydroxylation is 2. The van der Waals surface area contributed by atoms with Crippen LogP contribution in [-0.4, -0.2) is 26.7 Å². The Morgan fingerprint density at radius 3 is 2.61 bits per heavy atom. The minimum atomic E-state index is 0.566. The topological polar surface area (TPSA) is 24.1 Å². The van der Waals surface area contributed by atoms with Crippen molar-refractivity contribution in [1.29, 1.82) is 0 Å². The predicted octanol–water partition coefficient (Wildman–Crippen LogP) is 2.44. The Bertz CT molecular complexity index is 394. The van der Waals surface area contributed by atoms with Crippen molar-refractivity contribution < 1.29 is 0 Å². The van der Waals surface area contributed by atoms with E-state index < -0.39 is 0 Å². The SMILES string of the molecule is CNCC1(CNCCc2cc(C)ccc2C)CC1. The molecule has 2 N–H and O–H groups in total. The maximum Gasteiger partial charge on any atom is 0.00201 e. The highest BCUT2D eigenvalue weighted by atomic mass is 14.9. The maximum atomic E-state index is 3.63. The van der Waals surface area contributed by atoms with Crippen LogP contribution in [0.5, 0.6) is 0 Å². The third-order valence-electron chi connectivity index (χ3n) is 4.08. The van der Waals surface area contributed by atoms with Crippen LogP contribution in [0.15, 0.2) is 18.2 Å². The average Bonchev–Trinajstić information content (AvgIpc) is 3.10. The Morgan fingerprint density at radius 2 is 1.94 bits per heavy atom. The average molecular weight is 246 g/mol. The van der Waals surface area contributed by atoms with Crippen molar-refractivity contribution in [3.63, 3.8) is 0 Å². The first kappa shape index (κ1) is 13.6. The van der Waals surface area contributed by atoms with E-state index in [-0.39, 0.29) is 0 Å². The molecule has 2 rings (SSSR count). The summed E-state index contributed by atoms with van der Waals surface area (Å²) in [5.41, 5.74) is 4.83. The quantitative estimate of drug-likeness (QED) is 0.722. The molecule has 0 atom stereocenters. The Balaban J connectivity index is 1.74. The summed E-state index contributed by atoms with van der Waals surface area (Å²) in [5, 5.41) is 6.93. The number of rotatable bonds is 7. The predicted molar refractivity (Wildman–Crippen MR) is 78.1 cm³/mol. The highest BCUT2D eigenvalue weighted by molar-refractivity contribution is 5.30. The van der Waals surface area contributed by atoms with Crippen LogP contribution in [0, 0.1) is 19.3 Å². The Morgan fingerprint density at radius 1 is 1.17 bits per heavy atom. The third-order valence-corrected chi connectivity index (χ3v) is 4.08. The summed E-state index contributed by atoms with van der Waals surface area (Å²) < 4.78 is 0. The number of hydrogen-bond donors (Lipinski definition) is 2. The van der Waals surface area contributed by atoms with Crippen molar-refractivity contribution in [2.75, 3.05) is 26.7 Å². The molecule has 0 aliphatic heterocycles. The molecular formula is C16H26N2. The molecule has 1 aromatic rings. The van der Waals surface area contributed by atoms with Gasteiger partial charge in [0.15, 0.2) is 0 Å². The van der Waals surface area contributed by atoms with Gasteiger partial charge in [-0.1, -0.05) is 23.8 Å². The first-order valence-electron chi connectivity index (χ1n) is 7.07. The molecule has 1 saturated carbocycles. The molecule has 1 aliphatic carbocycles. The van der Waals surface area contributed by atoms with Crippen molar-refractivity contribution in [3.05, 3.63) is 34.9 Å². The summed E-state index contributed by atoms with van der Waals surface area (Å²) in [6, 6.07) is 6.74. The van der Waals surface area contributed by atoms with Crippen LogP contribution in [0.1, 0.15) is 29.5 Å². The molecule has 0 radical (unpaired) electrons. The van der Waals surface area contributed by atoms with Gasteiger partial charge in [-0.15, -0.1) is 0 Å². The molecule has 2 heteroatoms. The van der Waals surface area contributed by atoms with Gasteiger partial charge in [0.2, 0.25) is 0 Å². The zero-order chi connectivity index (χ0) is 13.0. The van der Waals surface area contributed by atoms with Crippen molar-refractivity contribution in [1.82, 2.24) is 10.6 Å². The highest BCUT2D eigenvalue weighted by Crippen LogP contribution is 2.44. The first-order chi connectivity index (χ1) is 8.65. The van der Waals surface area contributed by atoms with Crippen molar-refractivity contribution in [2.45, 2.75) is 33.1 Å². The van der Waals surface area contributed by atoms with Crippen molar-refractivity contribution in [2.24, 2.45) is 5.41 Å². The lowest BCUT2D eigenvalue weighted by Crippen LogP contribution is -2.32. The summed E-state index contributed by atoms with van der Waals surface area (Å²) in [6.45, 7) is 7.79. The molecular weight excluding hydrogens is 220 g/mol. The van der Waals surface area contributed by atoms with Gasteiger partial charge >= 0.3 is 0 Å². The molecule has 100 valence electrons. The number of hydrogen-bond acceptors (Lipinski definition) is 2. The summed E-state index contributed by atoms with van der Waals surface area (Å²) >= 11 is 0. The van der Waals surface area contributed by atoms with E-state index in [1.165, 1.54) is 36.1 Å². The molecule has 0 bridgehead atoms. The Hall–Kier alpha value is -0.860. The normalized spacial score (nSPS) is 16.8. The van der Waals surface area contributed by atoms with Crippen LogP contribution >= 0.6 is 0 Å². The fourth-order valence-electron chi connectivity index (χ4n) is 2.61. The van der Waals surface area contributed by atoms with Crippen LogP contribution in [0.25, 0.3) is 0 Å². The third kappa shape index (κ3) is 3.56. The lowest BCUT2D eigenvalue weighted by molar-refractivity contribution is 0.441. The molecule has 0 spiro atoms. The standard InChI is InChI=1S/C16H26N2/c1-13-4-5-14(2)15(10-13)6-9-18-12-16(7-8-16)11-17-3/h4-5,10,17-18H,6-9,11-12H2,1-3H3. The second kappa shape index (κ2) is 5.85. The van der Waals surface area contributed by atoms with E-state index in [2.05, 4.69) is 49.7 Å². The van der Waals surface area contributed by atoms with Gasteiger partial charge in [-0.2, -0.15) is 0 Å². The number of benzene rings is 1. The lowest BCUT2D eigenvalue weighted by Gasteiger charge is -2.15. The van der Waals surface area contributed by atoms with Crippen LogP contribution < -0.4 is 10.6 Å². The van der Waals surface area contributed by atoms with Crippen LogP contribution in [0.3, 0.4) is 0 Å². The van der Waals surface area contributed by atoms with E-state index in [0.29, 0.717) is 5.41 Å². The fraction of sp³-hybridized carbons (Fsp3) is 0.625. The molecule has 2 nitrogen and oxygen atoms in total. The molecule has 0 heterocycles. The lowest BCUT2D eigenvalue weighted by atomic mass is 10.0. The largest absolute Gasteiger partial charge is 0.319 e. The molecule has 1 fully saturated rings. The summed E-state index contributed by atoms with van der Waals surface area (Å²) in [4.78, 5) is 0. The fourth-order valence-corrected chi connectivity index (χ4v) is 2.61. The second-order valence-corrected chi connectivity index (χ2v) is 5.89. The molecule has 1 aliphatic rings. The molecule has 0 saturated heterocycles. The molecule has 18 heavy (non-hydrogen) atoms. The van der Waals surface area contributed by atoms with Gasteiger partial charge in [0.05, 0.1) is 0 Å². The van der Waals surface area contributed by atoms with Crippen LogP contribution in [-0.2, 0) is 6.42 Å². The van der Waals surface area contributed by atoms with Gasteiger partial charge in [0.25, 0.3) is 0 Å². The minimum Gasteiger partial charge on any atom is -0.319 e. The van der Waals surface area contributed by atoms with Crippen LogP contribution in [0.4, 0.5) is 0 Å². The van der Waals surface area contributed by atoms with Crippen molar-refractivity contribution in [3.8, 4) is 0 Å². The zero-order valence-corrected chi connectivity index (χ0v) is 12.0. The second-order valence-electron chi connectivity index (χ2n) is 5.89. The summed E-state index contributed by atoms with van der Waals surface area (Å²) in [7, 11) is 2.05. The highest BCUT2D eigenvalue weighted by Gasteiger charge is 2.41. The molecule has 0 aromatic heterocycles. The smallest absolute Gasteiger partial charge is 0.00201 e. The van der Waals surface area contributed by atoms with E-state index in [1.54, 1.807) is 0 Å². The van der Waals surface area contributed by atoms with Gasteiger partial charge < -0.3 is 10.6 Å². The van der Waals surface area contributed by atoms with Gasteiger partial charge in [-0.3, -0.25) is 0 Å². The van der Waals surface area contributed by atoms with Crippen LogP contribution in [0.2, 0.25) is 0 Å². The van der Waals surface area contributed by atoms with E-state index in [1.807, 2.05) is 0 Å². The molecule has 0 amide bonds. The Kier molecular flexibility index (Phi) is 4.41. The summed E-state index contributed by atoms with van der Waals surface area (Å²) in [5.74, 6) is 0. The van der Waals surface area contributed by atoms with Gasteiger partial charge in [0.1, 0.15) is 0 Å². The van der Waals surface area contributed by atoms with Gasteiger partial charge in [0, 0.05) is 13.1 Å². The van der Waals surface area contributed by atoms with Crippen molar-refractivity contribution >= 4 is 0 Å². The Labute approximate surface area is 111 Å².